The molecule has 2 aliphatic rings. The van der Waals surface area contributed by atoms with Gasteiger partial charge in [0.05, 0.1) is 29.9 Å². The molecule has 0 aromatic heterocycles. The van der Waals surface area contributed by atoms with Gasteiger partial charge in [-0.1, -0.05) is 18.2 Å². The van der Waals surface area contributed by atoms with Gasteiger partial charge in [-0.2, -0.15) is 4.31 Å². The second-order valence-corrected chi connectivity index (χ2v) is 9.01. The third-order valence-electron chi connectivity index (χ3n) is 4.61. The largest absolute Gasteiger partial charge is 0.453 e. The van der Waals surface area contributed by atoms with E-state index in [1.807, 2.05) is 13.8 Å². The monoisotopic (exact) mass is 396 g/mol. The first-order chi connectivity index (χ1) is 12.8. The molecule has 0 spiro atoms. The van der Waals surface area contributed by atoms with Gasteiger partial charge < -0.3 is 14.8 Å². The molecule has 8 nitrogen and oxygen atoms in total. The summed E-state index contributed by atoms with van der Waals surface area (Å²) < 4.78 is 37.1. The van der Waals surface area contributed by atoms with E-state index in [4.69, 9.17) is 9.47 Å². The van der Waals surface area contributed by atoms with Crippen LogP contribution in [0.25, 0.3) is 0 Å². The van der Waals surface area contributed by atoms with Gasteiger partial charge in [-0.3, -0.25) is 4.79 Å². The molecule has 3 atom stereocenters. The summed E-state index contributed by atoms with van der Waals surface area (Å²) in [6.45, 7) is 4.30. The first kappa shape index (κ1) is 19.8. The molecule has 0 radical (unpaired) electrons. The Bertz CT molecular complexity index is 815. The Balaban J connectivity index is 1.49. The Hall–Kier alpha value is -1.97. The molecule has 1 fully saturated rings. The smallest absolute Gasteiger partial charge is 0.339 e. The van der Waals surface area contributed by atoms with E-state index in [1.165, 1.54) is 4.31 Å². The highest BCUT2D eigenvalue weighted by Gasteiger charge is 2.33. The minimum absolute atomic E-state index is 0.00357. The number of carbonyl (C=O) groups is 2. The summed E-state index contributed by atoms with van der Waals surface area (Å²) in [5, 5.41) is 2.61. The van der Waals surface area contributed by atoms with Crippen molar-refractivity contribution in [3.05, 3.63) is 35.4 Å². The van der Waals surface area contributed by atoms with Gasteiger partial charge >= 0.3 is 5.97 Å². The number of hydrogen-bond acceptors (Lipinski definition) is 6. The summed E-state index contributed by atoms with van der Waals surface area (Å²) in [6, 6.07) is 6.93. The topological polar surface area (TPSA) is 102 Å². The van der Waals surface area contributed by atoms with Crippen molar-refractivity contribution >= 4 is 21.9 Å². The Morgan fingerprint density at radius 3 is 2.59 bits per heavy atom. The molecular weight excluding hydrogens is 372 g/mol. The van der Waals surface area contributed by atoms with Crippen molar-refractivity contribution in [3.63, 3.8) is 0 Å². The van der Waals surface area contributed by atoms with Crippen LogP contribution in [-0.2, 0) is 24.3 Å². The number of sulfonamides is 1. The van der Waals surface area contributed by atoms with Crippen molar-refractivity contribution in [2.45, 2.75) is 38.6 Å². The lowest BCUT2D eigenvalue weighted by atomic mass is 10.0. The van der Waals surface area contributed by atoms with E-state index in [1.54, 1.807) is 24.3 Å². The Kier molecular flexibility index (Phi) is 5.83. The lowest BCUT2D eigenvalue weighted by molar-refractivity contribution is -0.122. The molecule has 0 saturated carbocycles. The zero-order chi connectivity index (χ0) is 19.6. The predicted octanol–water partition coefficient (Wildman–Crippen LogP) is 0.843. The third kappa shape index (κ3) is 4.66. The first-order valence-corrected chi connectivity index (χ1v) is 10.6. The number of cyclic esters (lactones) is 1. The highest BCUT2D eigenvalue weighted by atomic mass is 32.2. The molecule has 1 amide bonds. The first-order valence-electron chi connectivity index (χ1n) is 8.96. The van der Waals surface area contributed by atoms with E-state index >= 15 is 0 Å². The van der Waals surface area contributed by atoms with E-state index in [-0.39, 0.29) is 36.8 Å². The normalized spacial score (nSPS) is 25.7. The van der Waals surface area contributed by atoms with Gasteiger partial charge in [0.1, 0.15) is 6.10 Å². The zero-order valence-electron chi connectivity index (χ0n) is 15.4. The maximum Gasteiger partial charge on any atom is 0.339 e. The second kappa shape index (κ2) is 7.95. The van der Waals surface area contributed by atoms with Crippen LogP contribution < -0.4 is 5.32 Å². The molecule has 1 saturated heterocycles. The van der Waals surface area contributed by atoms with E-state index in [9.17, 15) is 18.0 Å². The fraction of sp³-hybridized carbons (Fsp3) is 0.556. The number of rotatable bonds is 6. The standard InChI is InChI=1S/C18H24N2O6S/c1-12-10-20(11-13(2)25-12)27(23,24)8-7-19-17(21)9-16-14-5-3-4-6-15(14)18(22)26-16/h3-6,12-13,16H,7-11H2,1-2H3,(H,19,21)/t12-,13+,16-/m1/s1. The van der Waals surface area contributed by atoms with Gasteiger partial charge in [-0.15, -0.1) is 0 Å². The van der Waals surface area contributed by atoms with Gasteiger partial charge in [0.15, 0.2) is 0 Å². The summed E-state index contributed by atoms with van der Waals surface area (Å²) in [5.74, 6) is -0.982. The van der Waals surface area contributed by atoms with Crippen molar-refractivity contribution < 1.29 is 27.5 Å². The van der Waals surface area contributed by atoms with Crippen molar-refractivity contribution in [2.75, 3.05) is 25.4 Å². The fourth-order valence-electron chi connectivity index (χ4n) is 3.42. The van der Waals surface area contributed by atoms with Gasteiger partial charge in [0.25, 0.3) is 0 Å². The van der Waals surface area contributed by atoms with Crippen LogP contribution in [-0.4, -0.2) is 62.2 Å². The molecule has 0 aliphatic carbocycles. The van der Waals surface area contributed by atoms with Crippen molar-refractivity contribution in [3.8, 4) is 0 Å². The molecule has 1 aromatic rings. The minimum Gasteiger partial charge on any atom is -0.453 e. The number of hydrogen-bond donors (Lipinski definition) is 1. The van der Waals surface area contributed by atoms with Crippen LogP contribution in [0.4, 0.5) is 0 Å². The maximum absolute atomic E-state index is 12.5. The number of amides is 1. The number of nitrogens with one attached hydrogen (secondary N) is 1. The number of benzene rings is 1. The van der Waals surface area contributed by atoms with Crippen LogP contribution in [0.1, 0.15) is 42.3 Å². The number of fused-ring (bicyclic) bond motifs is 1. The molecule has 2 aliphatic heterocycles. The highest BCUT2D eigenvalue weighted by Crippen LogP contribution is 2.32. The van der Waals surface area contributed by atoms with E-state index in [0.717, 1.165) is 0 Å². The number of nitrogens with zero attached hydrogens (tertiary/aromatic N) is 1. The van der Waals surface area contributed by atoms with Crippen molar-refractivity contribution in [1.82, 2.24) is 9.62 Å². The molecule has 1 aromatic carbocycles. The van der Waals surface area contributed by atoms with Gasteiger partial charge in [0.2, 0.25) is 15.9 Å². The molecule has 0 bridgehead atoms. The SMILES string of the molecule is C[C@@H]1CN(S(=O)(=O)CCNC(=O)C[C@H]2OC(=O)c3ccccc32)C[C@H](C)O1. The minimum atomic E-state index is -3.48. The van der Waals surface area contributed by atoms with Crippen LogP contribution >= 0.6 is 0 Å². The molecule has 3 rings (SSSR count). The summed E-state index contributed by atoms with van der Waals surface area (Å²) in [5.41, 5.74) is 1.15. The second-order valence-electron chi connectivity index (χ2n) is 6.93. The van der Waals surface area contributed by atoms with Crippen LogP contribution in [0.3, 0.4) is 0 Å². The van der Waals surface area contributed by atoms with Crippen LogP contribution in [0.15, 0.2) is 24.3 Å². The van der Waals surface area contributed by atoms with Gasteiger partial charge in [-0.25, -0.2) is 13.2 Å². The third-order valence-corrected chi connectivity index (χ3v) is 6.41. The van der Waals surface area contributed by atoms with Crippen molar-refractivity contribution in [1.29, 1.82) is 0 Å². The summed E-state index contributed by atoms with van der Waals surface area (Å²) in [7, 11) is -3.48. The Labute approximate surface area is 158 Å². The maximum atomic E-state index is 12.5. The van der Waals surface area contributed by atoms with E-state index < -0.39 is 22.1 Å². The molecule has 1 N–H and O–H groups in total. The highest BCUT2D eigenvalue weighted by molar-refractivity contribution is 7.89. The van der Waals surface area contributed by atoms with Crippen LogP contribution in [0.5, 0.6) is 0 Å². The summed E-state index contributed by atoms with van der Waals surface area (Å²) in [6.07, 6.45) is -0.981. The number of morpholine rings is 1. The predicted molar refractivity (Wildman–Crippen MR) is 97.6 cm³/mol. The molecule has 27 heavy (non-hydrogen) atoms. The number of ether oxygens (including phenoxy) is 2. The van der Waals surface area contributed by atoms with Crippen LogP contribution in [0, 0.1) is 0 Å². The van der Waals surface area contributed by atoms with E-state index in [2.05, 4.69) is 5.32 Å². The zero-order valence-corrected chi connectivity index (χ0v) is 16.2. The summed E-state index contributed by atoms with van der Waals surface area (Å²) in [4.78, 5) is 23.9. The lowest BCUT2D eigenvalue weighted by Gasteiger charge is -2.34. The Morgan fingerprint density at radius 1 is 1.22 bits per heavy atom. The van der Waals surface area contributed by atoms with Crippen molar-refractivity contribution in [2.24, 2.45) is 0 Å². The molecule has 148 valence electrons. The van der Waals surface area contributed by atoms with Gasteiger partial charge in [0, 0.05) is 25.2 Å². The summed E-state index contributed by atoms with van der Waals surface area (Å²) >= 11 is 0. The average molecular weight is 396 g/mol. The number of esters is 1. The van der Waals surface area contributed by atoms with Crippen LogP contribution in [0.2, 0.25) is 0 Å². The van der Waals surface area contributed by atoms with E-state index in [0.29, 0.717) is 24.2 Å². The molecule has 0 unspecified atom stereocenters. The lowest BCUT2D eigenvalue weighted by Crippen LogP contribution is -2.49. The average Bonchev–Trinajstić information content (AvgIpc) is 2.90. The molecule has 2 heterocycles. The van der Waals surface area contributed by atoms with Gasteiger partial charge in [-0.05, 0) is 19.9 Å². The molecule has 9 heteroatoms. The molecular formula is C18H24N2O6S. The quantitative estimate of drug-likeness (QED) is 0.715. The Morgan fingerprint density at radius 2 is 1.89 bits per heavy atom. The fourth-order valence-corrected chi connectivity index (χ4v) is 4.91. The number of carbonyl (C=O) groups excluding carboxylic acids is 2.